The first kappa shape index (κ1) is 184. The van der Waals surface area contributed by atoms with E-state index < -0.39 is 0 Å². The summed E-state index contributed by atoms with van der Waals surface area (Å²) in [5.41, 5.74) is 0. The molecule has 0 nitrogen and oxygen atoms in total. The molecule has 0 heterocycles. The second-order valence-corrected chi connectivity index (χ2v) is 0. The Morgan fingerprint density at radius 3 is 0.0588 bits per heavy atom. The summed E-state index contributed by atoms with van der Waals surface area (Å²) >= 11 is 0. The third kappa shape index (κ3) is 151. The van der Waals surface area contributed by atoms with Gasteiger partial charge in [0.2, 0.25) is 0 Å². The van der Waals surface area contributed by atoms with E-state index in [1.54, 1.807) is 0 Å². The van der Waals surface area contributed by atoms with Crippen LogP contribution in [0.4, 0.5) is 0 Å². The smallest absolute Gasteiger partial charge is 0 e. The first-order valence-electron chi connectivity index (χ1n) is 0. The predicted molar refractivity (Wildman–Crippen MR) is 0 cm³/mol. The number of hydrogen-bond donors (Lipinski definition) is 0. The molecule has 0 aliphatic heterocycles. The summed E-state index contributed by atoms with van der Waals surface area (Å²) in [7, 11) is 0. The van der Waals surface area contributed by atoms with E-state index in [-0.39, 0.29) is 315 Å². The maximum atomic E-state index is 0. The average Bonchev–Trinajstić information content (AvgIpc) is 0. The van der Waals surface area contributed by atoms with E-state index in [9.17, 15) is 0 Å². The molecule has 0 amide bonds. The monoisotopic (exact) mass is 866 g/mol. The molecule has 0 aromatic carbocycles. The van der Waals surface area contributed by atoms with E-state index in [4.69, 9.17) is 0 Å². The first-order chi connectivity index (χ1) is 0. The van der Waals surface area contributed by atoms with Crippen LogP contribution in [-0.2, 0) is 315 Å². The van der Waals surface area contributed by atoms with Gasteiger partial charge < -0.3 is 0 Å². The van der Waals surface area contributed by atoms with Crippen molar-refractivity contribution in [1.29, 1.82) is 0 Å². The van der Waals surface area contributed by atoms with Crippen LogP contribution < -0.4 is 0 Å². The van der Waals surface area contributed by atoms with Crippen molar-refractivity contribution in [3.8, 4) is 0 Å². The van der Waals surface area contributed by atoms with E-state index >= 15 is 0 Å². The molecular formula is V17. The van der Waals surface area contributed by atoms with Gasteiger partial charge in [-0.1, -0.05) is 0 Å². The molecule has 0 bridgehead atoms. The van der Waals surface area contributed by atoms with Crippen molar-refractivity contribution in [2.75, 3.05) is 0 Å². The maximum Gasteiger partial charge on any atom is 0 e. The number of hydrogen-bond acceptors (Lipinski definition) is 0. The van der Waals surface area contributed by atoms with Gasteiger partial charge in [-0.3, -0.25) is 0 Å². The van der Waals surface area contributed by atoms with Crippen LogP contribution in [0.2, 0.25) is 0 Å². The van der Waals surface area contributed by atoms with Crippen LogP contribution in [0.5, 0.6) is 0 Å². The summed E-state index contributed by atoms with van der Waals surface area (Å²) in [6.07, 6.45) is 0. The minimum Gasteiger partial charge on any atom is 0 e. The Hall–Kier alpha value is 9.94. The van der Waals surface area contributed by atoms with Crippen molar-refractivity contribution < 1.29 is 315 Å². The van der Waals surface area contributed by atoms with Gasteiger partial charge in [-0.05, 0) is 0 Å². The third-order valence-corrected chi connectivity index (χ3v) is 0. The molecule has 0 saturated heterocycles. The molecule has 0 aliphatic rings. The SMILES string of the molecule is [V].[V].[V].[V].[V].[V].[V].[V].[V].[V].[V].[V].[V].[V].[V].[V].[V]. The largest absolute Gasteiger partial charge is 0 e. The van der Waals surface area contributed by atoms with Crippen molar-refractivity contribution in [1.82, 2.24) is 0 Å². The third-order valence-electron chi connectivity index (χ3n) is 0. The topological polar surface area (TPSA) is 0 Å². The minimum absolute atomic E-state index is 0. The molecule has 0 N–H and O–H groups in total. The quantitative estimate of drug-likeness (QED) is 0.321. The van der Waals surface area contributed by atoms with Crippen molar-refractivity contribution in [2.24, 2.45) is 0 Å². The minimum atomic E-state index is 0. The molecule has 0 aromatic heterocycles. The van der Waals surface area contributed by atoms with Crippen molar-refractivity contribution in [3.63, 3.8) is 0 Å². The molecule has 85 valence electrons. The van der Waals surface area contributed by atoms with E-state index in [0.717, 1.165) is 0 Å². The zero-order valence-corrected chi connectivity index (χ0v) is 31.3. The zero-order valence-electron chi connectivity index (χ0n) is 7.60. The molecule has 0 unspecified atom stereocenters. The second-order valence-electron chi connectivity index (χ2n) is 0. The fourth-order valence-corrected chi connectivity index (χ4v) is 0. The molecule has 0 saturated carbocycles. The van der Waals surface area contributed by atoms with Crippen LogP contribution in [0.15, 0.2) is 0 Å². The second kappa shape index (κ2) is 163. The van der Waals surface area contributed by atoms with E-state index in [2.05, 4.69) is 0 Å². The van der Waals surface area contributed by atoms with Crippen LogP contribution >= 0.6 is 0 Å². The summed E-state index contributed by atoms with van der Waals surface area (Å²) in [6.45, 7) is 0. The fraction of sp³-hybridized carbons (Fsp3) is 0. The van der Waals surface area contributed by atoms with Gasteiger partial charge in [-0.25, -0.2) is 0 Å². The molecule has 17 radical (unpaired) electrons. The van der Waals surface area contributed by atoms with Gasteiger partial charge >= 0.3 is 0 Å². The van der Waals surface area contributed by atoms with Crippen molar-refractivity contribution >= 4 is 0 Å². The van der Waals surface area contributed by atoms with Crippen molar-refractivity contribution in [3.05, 3.63) is 0 Å². The molecule has 0 aromatic rings. The standard InChI is InChI=1S/17V. The molecule has 0 rings (SSSR count). The molecule has 17 heavy (non-hydrogen) atoms. The van der Waals surface area contributed by atoms with E-state index in [0.29, 0.717) is 0 Å². The summed E-state index contributed by atoms with van der Waals surface area (Å²) < 4.78 is 0. The first-order valence-corrected chi connectivity index (χ1v) is 0. The molecule has 17 heteroatoms. The summed E-state index contributed by atoms with van der Waals surface area (Å²) in [6, 6.07) is 0. The normalized spacial score (nSPS) is 0. The Bertz CT molecular complexity index is 0. The number of rotatable bonds is 0. The van der Waals surface area contributed by atoms with Gasteiger partial charge in [0.1, 0.15) is 0 Å². The van der Waals surface area contributed by atoms with Gasteiger partial charge in [0.25, 0.3) is 0 Å². The molecule has 0 aliphatic carbocycles. The summed E-state index contributed by atoms with van der Waals surface area (Å²) in [5.74, 6) is 0. The Kier molecular flexibility index (Phi) is 1760. The van der Waals surface area contributed by atoms with Gasteiger partial charge in [0.05, 0.1) is 0 Å². The Labute approximate surface area is 308 Å². The fourth-order valence-electron chi connectivity index (χ4n) is 0. The maximum absolute atomic E-state index is 0. The van der Waals surface area contributed by atoms with Gasteiger partial charge in [-0.15, -0.1) is 0 Å². The Balaban J connectivity index is 0. The summed E-state index contributed by atoms with van der Waals surface area (Å²) in [5, 5.41) is 0. The molecule has 0 atom stereocenters. The van der Waals surface area contributed by atoms with E-state index in [1.807, 2.05) is 0 Å². The molecular weight excluding hydrogens is 866 g/mol. The Morgan fingerprint density at radius 1 is 0.0588 bits per heavy atom. The van der Waals surface area contributed by atoms with Gasteiger partial charge in [-0.2, -0.15) is 0 Å². The van der Waals surface area contributed by atoms with Crippen molar-refractivity contribution in [2.45, 2.75) is 0 Å². The van der Waals surface area contributed by atoms with Crippen LogP contribution in [-0.4, -0.2) is 0 Å². The molecule has 0 fully saturated rings. The van der Waals surface area contributed by atoms with E-state index in [1.165, 1.54) is 0 Å². The van der Waals surface area contributed by atoms with Crippen LogP contribution in [0, 0.1) is 0 Å². The average molecular weight is 866 g/mol. The predicted octanol–water partition coefficient (Wildman–Crippen LogP) is -0.0425. The van der Waals surface area contributed by atoms with Crippen LogP contribution in [0.1, 0.15) is 0 Å². The Morgan fingerprint density at radius 2 is 0.0588 bits per heavy atom. The zero-order chi connectivity index (χ0) is 0. The van der Waals surface area contributed by atoms with Gasteiger partial charge in [0.15, 0.2) is 0 Å². The molecule has 0 spiro atoms. The van der Waals surface area contributed by atoms with Gasteiger partial charge in [0, 0.05) is 315 Å². The summed E-state index contributed by atoms with van der Waals surface area (Å²) in [4.78, 5) is 0. The van der Waals surface area contributed by atoms with Crippen LogP contribution in [0.25, 0.3) is 0 Å². The van der Waals surface area contributed by atoms with Crippen LogP contribution in [0.3, 0.4) is 0 Å².